The van der Waals surface area contributed by atoms with Crippen LogP contribution < -0.4 is 10.1 Å². The normalized spacial score (nSPS) is 18.9. The number of nitrogens with zero attached hydrogens (tertiary/aromatic N) is 1. The van der Waals surface area contributed by atoms with E-state index >= 15 is 0 Å². The number of nitrogens with one attached hydrogen (secondary N) is 1. The van der Waals surface area contributed by atoms with Gasteiger partial charge < -0.3 is 15.0 Å². The minimum atomic E-state index is -0.609. The highest BCUT2D eigenvalue weighted by atomic mass is 35.5. The quantitative estimate of drug-likeness (QED) is 0.253. The third-order valence-corrected chi connectivity index (χ3v) is 10.2. The first kappa shape index (κ1) is 34.3. The molecule has 3 aromatic rings. The number of halogens is 3. The van der Waals surface area contributed by atoms with Crippen LogP contribution in [0.1, 0.15) is 70.4 Å². The van der Waals surface area contributed by atoms with Gasteiger partial charge in [0.1, 0.15) is 0 Å². The van der Waals surface area contributed by atoms with Gasteiger partial charge in [-0.3, -0.25) is 14.4 Å². The summed E-state index contributed by atoms with van der Waals surface area (Å²) in [5.41, 5.74) is 5.08. The Morgan fingerprint density at radius 2 is 1.33 bits per heavy atom. The molecular weight excluding hydrogens is 667 g/mol. The van der Waals surface area contributed by atoms with Gasteiger partial charge in [-0.05, 0) is 65.5 Å². The average Bonchev–Trinajstić information content (AvgIpc) is 2.99. The Labute approximate surface area is 297 Å². The fourth-order valence-electron chi connectivity index (χ4n) is 7.31. The lowest BCUT2D eigenvalue weighted by molar-refractivity contribution is -0.120. The number of para-hydroxylation sites is 1. The smallest absolute Gasteiger partial charge is 0.262 e. The van der Waals surface area contributed by atoms with Crippen LogP contribution in [0.2, 0.25) is 15.1 Å². The Kier molecular flexibility index (Phi) is 9.56. The van der Waals surface area contributed by atoms with Crippen molar-refractivity contribution in [2.24, 2.45) is 10.8 Å². The van der Waals surface area contributed by atoms with E-state index in [1.807, 2.05) is 18.2 Å². The summed E-state index contributed by atoms with van der Waals surface area (Å²) in [6.07, 6.45) is 2.93. The van der Waals surface area contributed by atoms with Crippen molar-refractivity contribution in [3.05, 3.63) is 115 Å². The van der Waals surface area contributed by atoms with Crippen molar-refractivity contribution in [2.45, 2.75) is 65.7 Å². The second-order valence-electron chi connectivity index (χ2n) is 14.6. The van der Waals surface area contributed by atoms with E-state index in [2.05, 4.69) is 50.0 Å². The van der Waals surface area contributed by atoms with Crippen LogP contribution in [0.25, 0.3) is 0 Å². The summed E-state index contributed by atoms with van der Waals surface area (Å²) >= 11 is 19.8. The summed E-state index contributed by atoms with van der Waals surface area (Å²) in [5, 5.41) is 3.49. The van der Waals surface area contributed by atoms with Gasteiger partial charge in [0.25, 0.3) is 5.91 Å². The van der Waals surface area contributed by atoms with Crippen LogP contribution in [0.15, 0.2) is 89.3 Å². The lowest BCUT2D eigenvalue weighted by Crippen LogP contribution is -2.45. The number of anilines is 1. The number of ether oxygens (including phenoxy) is 1. The first-order chi connectivity index (χ1) is 22.7. The second-order valence-corrected chi connectivity index (χ2v) is 15.8. The maximum Gasteiger partial charge on any atom is 0.262 e. The maximum atomic E-state index is 14.2. The largest absolute Gasteiger partial charge is 0.481 e. The van der Waals surface area contributed by atoms with E-state index in [1.54, 1.807) is 36.4 Å². The van der Waals surface area contributed by atoms with Gasteiger partial charge in [-0.2, -0.15) is 0 Å². The van der Waals surface area contributed by atoms with Gasteiger partial charge in [0, 0.05) is 47.8 Å². The predicted octanol–water partition coefficient (Wildman–Crippen LogP) is 9.59. The van der Waals surface area contributed by atoms with Crippen molar-refractivity contribution in [3.8, 4) is 5.75 Å². The highest BCUT2D eigenvalue weighted by Crippen LogP contribution is 2.55. The van der Waals surface area contributed by atoms with Crippen LogP contribution in [0.4, 0.5) is 5.69 Å². The van der Waals surface area contributed by atoms with E-state index in [0.29, 0.717) is 59.6 Å². The van der Waals surface area contributed by atoms with E-state index < -0.39 is 11.8 Å². The van der Waals surface area contributed by atoms with Crippen molar-refractivity contribution in [1.29, 1.82) is 0 Å². The molecule has 1 heterocycles. The predicted molar refractivity (Wildman–Crippen MR) is 192 cm³/mol. The number of rotatable bonds is 8. The van der Waals surface area contributed by atoms with Gasteiger partial charge in [-0.25, -0.2) is 0 Å². The van der Waals surface area contributed by atoms with Gasteiger partial charge in [0.15, 0.2) is 23.9 Å². The molecule has 0 spiro atoms. The molecule has 0 bridgehead atoms. The zero-order chi connectivity index (χ0) is 34.4. The fourth-order valence-corrected chi connectivity index (χ4v) is 8.10. The number of ketones is 2. The van der Waals surface area contributed by atoms with Crippen molar-refractivity contribution in [2.75, 3.05) is 18.5 Å². The van der Waals surface area contributed by atoms with Gasteiger partial charge in [0.05, 0.1) is 20.8 Å². The summed E-state index contributed by atoms with van der Waals surface area (Å²) in [6, 6.07) is 20.6. The number of carbonyl (C=O) groups excluding carboxylic acids is 3. The lowest BCUT2D eigenvalue weighted by atomic mass is 9.63. The van der Waals surface area contributed by atoms with Gasteiger partial charge >= 0.3 is 0 Å². The Bertz CT molecular complexity index is 1780. The monoisotopic (exact) mass is 704 g/mol. The second kappa shape index (κ2) is 13.4. The summed E-state index contributed by atoms with van der Waals surface area (Å²) in [4.78, 5) is 43.3. The topological polar surface area (TPSA) is 75.7 Å². The molecule has 6 nitrogen and oxygen atoms in total. The summed E-state index contributed by atoms with van der Waals surface area (Å²) in [5.74, 6) is -0.833. The molecule has 1 aliphatic heterocycles. The van der Waals surface area contributed by atoms with Crippen molar-refractivity contribution in [3.63, 3.8) is 0 Å². The fraction of sp³-hybridized carbons (Fsp3) is 0.359. The molecule has 250 valence electrons. The summed E-state index contributed by atoms with van der Waals surface area (Å²) < 4.78 is 5.80. The van der Waals surface area contributed by atoms with Crippen molar-refractivity contribution < 1.29 is 19.1 Å². The number of allylic oxidation sites excluding steroid dienone is 4. The van der Waals surface area contributed by atoms with Crippen molar-refractivity contribution in [1.82, 2.24) is 4.90 Å². The molecular formula is C39H39Cl3N2O4. The van der Waals surface area contributed by atoms with Crippen LogP contribution in [0.3, 0.4) is 0 Å². The van der Waals surface area contributed by atoms with Crippen LogP contribution >= 0.6 is 34.8 Å². The summed E-state index contributed by atoms with van der Waals surface area (Å²) in [6.45, 7) is 8.81. The summed E-state index contributed by atoms with van der Waals surface area (Å²) in [7, 11) is 0. The SMILES string of the molecule is CC1(C)CC(=O)C2=C(C1)N(CCc1ccccc1)C1=C(C(=O)CC(C)(C)C1)C2c1cc(Cl)c(OCC(=O)Nc2ccccc2Cl)c(Cl)c1. The molecule has 1 N–H and O–H groups in total. The first-order valence-electron chi connectivity index (χ1n) is 16.2. The van der Waals surface area contributed by atoms with Gasteiger partial charge in [0.2, 0.25) is 0 Å². The minimum absolute atomic E-state index is 0.0314. The number of amides is 1. The molecule has 48 heavy (non-hydrogen) atoms. The molecule has 9 heteroatoms. The number of benzene rings is 3. The van der Waals surface area contributed by atoms with Crippen LogP contribution in [0.5, 0.6) is 5.75 Å². The van der Waals surface area contributed by atoms with Crippen LogP contribution in [0, 0.1) is 10.8 Å². The number of hydrogen-bond acceptors (Lipinski definition) is 5. The Hall–Kier alpha value is -3.58. The molecule has 2 aliphatic carbocycles. The van der Waals surface area contributed by atoms with E-state index in [4.69, 9.17) is 39.5 Å². The van der Waals surface area contributed by atoms with E-state index in [9.17, 15) is 14.4 Å². The molecule has 0 atom stereocenters. The van der Waals surface area contributed by atoms with Crippen LogP contribution in [-0.4, -0.2) is 35.5 Å². The van der Waals surface area contributed by atoms with E-state index in [-0.39, 0.29) is 44.8 Å². The molecule has 0 fully saturated rings. The third-order valence-electron chi connectivity index (χ3n) is 9.34. The minimum Gasteiger partial charge on any atom is -0.481 e. The molecule has 0 unspecified atom stereocenters. The molecule has 3 aliphatic rings. The lowest BCUT2D eigenvalue weighted by Gasteiger charge is -2.49. The highest BCUT2D eigenvalue weighted by molar-refractivity contribution is 6.37. The van der Waals surface area contributed by atoms with Gasteiger partial charge in [-0.1, -0.05) is 105 Å². The number of carbonyl (C=O) groups is 3. The van der Waals surface area contributed by atoms with Crippen molar-refractivity contribution >= 4 is 58.0 Å². The molecule has 3 aromatic carbocycles. The standard InChI is InChI=1S/C39H39Cl3N2O4/c1-38(2)18-29-35(31(45)20-38)34(36-30(19-39(3,4)21-32(36)46)44(29)15-14-23-10-6-5-7-11-23)24-16-26(41)37(27(42)17-24)48-22-33(47)43-28-13-9-8-12-25(28)40/h5-13,16-17,34H,14-15,18-22H2,1-4H3,(H,43,47). The number of hydrogen-bond donors (Lipinski definition) is 1. The molecule has 0 saturated carbocycles. The van der Waals surface area contributed by atoms with E-state index in [0.717, 1.165) is 17.8 Å². The Morgan fingerprint density at radius 3 is 1.90 bits per heavy atom. The zero-order valence-electron chi connectivity index (χ0n) is 27.6. The van der Waals surface area contributed by atoms with E-state index in [1.165, 1.54) is 5.56 Å². The maximum absolute atomic E-state index is 14.2. The molecule has 6 rings (SSSR count). The van der Waals surface area contributed by atoms with Gasteiger partial charge in [-0.15, -0.1) is 0 Å². The van der Waals surface area contributed by atoms with Crippen LogP contribution in [-0.2, 0) is 20.8 Å². The highest BCUT2D eigenvalue weighted by Gasteiger charge is 2.49. The Balaban J connectivity index is 1.39. The number of Topliss-reactive ketones (excluding diaryl/α,β-unsaturated/α-hetero) is 2. The average molecular weight is 706 g/mol. The third kappa shape index (κ3) is 7.08. The molecule has 1 amide bonds. The molecule has 0 radical (unpaired) electrons. The Morgan fingerprint density at radius 1 is 0.792 bits per heavy atom. The zero-order valence-corrected chi connectivity index (χ0v) is 29.9. The molecule has 0 saturated heterocycles. The molecule has 0 aromatic heterocycles. The first-order valence-corrected chi connectivity index (χ1v) is 17.4.